The maximum atomic E-state index is 12.0. The molecule has 0 atom stereocenters. The molecule has 26 heavy (non-hydrogen) atoms. The third kappa shape index (κ3) is 5.85. The largest absolute Gasteiger partial charge is 0.493 e. The van der Waals surface area contributed by atoms with Crippen LogP contribution in [0.15, 0.2) is 36.4 Å². The summed E-state index contributed by atoms with van der Waals surface area (Å²) < 4.78 is 10.7. The Labute approximate surface area is 164 Å². The van der Waals surface area contributed by atoms with Crippen molar-refractivity contribution in [1.82, 2.24) is 5.32 Å². The first-order valence-corrected chi connectivity index (χ1v) is 9.87. The Kier molecular flexibility index (Phi) is 8.13. The van der Waals surface area contributed by atoms with E-state index in [1.165, 1.54) is 5.56 Å². The quantitative estimate of drug-likeness (QED) is 0.632. The van der Waals surface area contributed by atoms with Gasteiger partial charge in [-0.1, -0.05) is 29.8 Å². The molecule has 6 heteroatoms. The summed E-state index contributed by atoms with van der Waals surface area (Å²) in [5.41, 5.74) is 3.26. The number of thioether (sulfide) groups is 1. The topological polar surface area (TPSA) is 47.6 Å². The molecule has 0 fully saturated rings. The number of amides is 1. The highest BCUT2D eigenvalue weighted by atomic mass is 35.5. The third-order valence-electron chi connectivity index (χ3n) is 4.01. The Bertz CT molecular complexity index is 752. The van der Waals surface area contributed by atoms with E-state index in [9.17, 15) is 4.79 Å². The van der Waals surface area contributed by atoms with E-state index >= 15 is 0 Å². The van der Waals surface area contributed by atoms with E-state index in [4.69, 9.17) is 21.1 Å². The SMILES string of the molecule is COc1cc(C)c(CSCCC(=O)NCc2ccccc2Cl)cc1OC. The molecule has 0 bridgehead atoms. The van der Waals surface area contributed by atoms with Gasteiger partial charge in [-0.05, 0) is 41.8 Å². The molecule has 0 saturated heterocycles. The van der Waals surface area contributed by atoms with E-state index in [1.807, 2.05) is 43.3 Å². The highest BCUT2D eigenvalue weighted by Gasteiger charge is 2.09. The van der Waals surface area contributed by atoms with Gasteiger partial charge in [-0.25, -0.2) is 0 Å². The molecule has 0 spiro atoms. The van der Waals surface area contributed by atoms with E-state index in [1.54, 1.807) is 26.0 Å². The summed E-state index contributed by atoms with van der Waals surface area (Å²) in [6.07, 6.45) is 0.474. The van der Waals surface area contributed by atoms with E-state index < -0.39 is 0 Å². The number of ether oxygens (including phenoxy) is 2. The molecule has 2 aromatic rings. The molecular formula is C20H24ClNO3S. The van der Waals surface area contributed by atoms with Gasteiger partial charge in [-0.2, -0.15) is 11.8 Å². The van der Waals surface area contributed by atoms with Crippen LogP contribution in [-0.4, -0.2) is 25.9 Å². The predicted molar refractivity (Wildman–Crippen MR) is 108 cm³/mol. The summed E-state index contributed by atoms with van der Waals surface area (Å²) in [7, 11) is 3.26. The van der Waals surface area contributed by atoms with Gasteiger partial charge in [-0.15, -0.1) is 0 Å². The van der Waals surface area contributed by atoms with Gasteiger partial charge in [-0.3, -0.25) is 4.79 Å². The van der Waals surface area contributed by atoms with Gasteiger partial charge in [0.15, 0.2) is 11.5 Å². The monoisotopic (exact) mass is 393 g/mol. The fourth-order valence-corrected chi connectivity index (χ4v) is 3.66. The number of benzene rings is 2. The van der Waals surface area contributed by atoms with Crippen LogP contribution in [0, 0.1) is 6.92 Å². The van der Waals surface area contributed by atoms with Gasteiger partial charge in [0.25, 0.3) is 0 Å². The van der Waals surface area contributed by atoms with E-state index in [2.05, 4.69) is 5.32 Å². The Balaban J connectivity index is 1.76. The summed E-state index contributed by atoms with van der Waals surface area (Å²) >= 11 is 7.81. The van der Waals surface area contributed by atoms with Crippen LogP contribution in [0.4, 0.5) is 0 Å². The smallest absolute Gasteiger partial charge is 0.221 e. The molecule has 0 heterocycles. The standard InChI is InChI=1S/C20H24ClNO3S/c1-14-10-18(24-2)19(25-3)11-16(14)13-26-9-8-20(23)22-12-15-6-4-5-7-17(15)21/h4-7,10-11H,8-9,12-13H2,1-3H3,(H,22,23). The van der Waals surface area contributed by atoms with Crippen molar-refractivity contribution in [2.75, 3.05) is 20.0 Å². The van der Waals surface area contributed by atoms with Crippen LogP contribution in [-0.2, 0) is 17.1 Å². The number of hydrogen-bond donors (Lipinski definition) is 1. The number of carbonyl (C=O) groups is 1. The number of hydrogen-bond acceptors (Lipinski definition) is 4. The minimum Gasteiger partial charge on any atom is -0.493 e. The maximum absolute atomic E-state index is 12.0. The molecule has 0 aliphatic rings. The highest BCUT2D eigenvalue weighted by molar-refractivity contribution is 7.98. The van der Waals surface area contributed by atoms with Crippen molar-refractivity contribution in [2.45, 2.75) is 25.6 Å². The molecule has 0 radical (unpaired) electrons. The number of halogens is 1. The van der Waals surface area contributed by atoms with Gasteiger partial charge in [0.05, 0.1) is 14.2 Å². The van der Waals surface area contributed by atoms with Gasteiger partial charge in [0.2, 0.25) is 5.91 Å². The van der Waals surface area contributed by atoms with E-state index in [0.29, 0.717) is 18.0 Å². The normalized spacial score (nSPS) is 10.5. The van der Waals surface area contributed by atoms with Crippen molar-refractivity contribution in [3.05, 3.63) is 58.1 Å². The van der Waals surface area contributed by atoms with Crippen LogP contribution in [0.1, 0.15) is 23.1 Å². The van der Waals surface area contributed by atoms with Crippen LogP contribution >= 0.6 is 23.4 Å². The fraction of sp³-hybridized carbons (Fsp3) is 0.350. The highest BCUT2D eigenvalue weighted by Crippen LogP contribution is 2.31. The molecule has 1 N–H and O–H groups in total. The number of methoxy groups -OCH3 is 2. The molecule has 0 unspecified atom stereocenters. The molecule has 2 aromatic carbocycles. The van der Waals surface area contributed by atoms with Crippen LogP contribution in [0.2, 0.25) is 5.02 Å². The average molecular weight is 394 g/mol. The third-order valence-corrected chi connectivity index (χ3v) is 5.38. The van der Waals surface area contributed by atoms with Gasteiger partial charge >= 0.3 is 0 Å². The number of nitrogens with one attached hydrogen (secondary N) is 1. The second-order valence-corrected chi connectivity index (χ2v) is 7.32. The maximum Gasteiger partial charge on any atom is 0.221 e. The van der Waals surface area contributed by atoms with Crippen LogP contribution in [0.25, 0.3) is 0 Å². The van der Waals surface area contributed by atoms with Crippen LogP contribution in [0.3, 0.4) is 0 Å². The molecule has 140 valence electrons. The summed E-state index contributed by atoms with van der Waals surface area (Å²) in [6, 6.07) is 11.5. The van der Waals surface area contributed by atoms with Crippen molar-refractivity contribution in [3.8, 4) is 11.5 Å². The Morgan fingerprint density at radius 3 is 2.50 bits per heavy atom. The second kappa shape index (κ2) is 10.3. The first-order valence-electron chi connectivity index (χ1n) is 8.34. The van der Waals surface area contributed by atoms with Crippen LogP contribution in [0.5, 0.6) is 11.5 Å². The summed E-state index contributed by atoms with van der Waals surface area (Å²) in [5.74, 6) is 3.07. The second-order valence-electron chi connectivity index (χ2n) is 5.80. The molecule has 0 aromatic heterocycles. The van der Waals surface area contributed by atoms with E-state index in [0.717, 1.165) is 34.1 Å². The lowest BCUT2D eigenvalue weighted by Crippen LogP contribution is -2.23. The van der Waals surface area contributed by atoms with Crippen molar-refractivity contribution < 1.29 is 14.3 Å². The number of aryl methyl sites for hydroxylation is 1. The number of rotatable bonds is 9. The molecular weight excluding hydrogens is 370 g/mol. The molecule has 4 nitrogen and oxygen atoms in total. The summed E-state index contributed by atoms with van der Waals surface area (Å²) in [5, 5.41) is 3.58. The van der Waals surface area contributed by atoms with Gasteiger partial charge in [0.1, 0.15) is 0 Å². The molecule has 0 saturated carbocycles. The molecule has 0 aliphatic heterocycles. The Morgan fingerprint density at radius 1 is 1.12 bits per heavy atom. The van der Waals surface area contributed by atoms with Gasteiger partial charge < -0.3 is 14.8 Å². The van der Waals surface area contributed by atoms with Gasteiger partial charge in [0, 0.05) is 29.5 Å². The molecule has 1 amide bonds. The van der Waals surface area contributed by atoms with E-state index in [-0.39, 0.29) is 5.91 Å². The average Bonchev–Trinajstić information content (AvgIpc) is 2.65. The Hall–Kier alpha value is -1.85. The summed E-state index contributed by atoms with van der Waals surface area (Å²) in [6.45, 7) is 2.51. The zero-order chi connectivity index (χ0) is 18.9. The van der Waals surface area contributed by atoms with Crippen molar-refractivity contribution in [1.29, 1.82) is 0 Å². The minimum atomic E-state index is 0.0291. The first-order chi connectivity index (χ1) is 12.5. The van der Waals surface area contributed by atoms with Crippen LogP contribution < -0.4 is 14.8 Å². The summed E-state index contributed by atoms with van der Waals surface area (Å²) in [4.78, 5) is 12.0. The lowest BCUT2D eigenvalue weighted by atomic mass is 10.1. The van der Waals surface area contributed by atoms with Crippen molar-refractivity contribution >= 4 is 29.3 Å². The zero-order valence-electron chi connectivity index (χ0n) is 15.3. The lowest BCUT2D eigenvalue weighted by molar-refractivity contribution is -0.120. The Morgan fingerprint density at radius 2 is 1.81 bits per heavy atom. The molecule has 0 aliphatic carbocycles. The first kappa shape index (κ1) is 20.5. The lowest BCUT2D eigenvalue weighted by Gasteiger charge is -2.12. The fourth-order valence-electron chi connectivity index (χ4n) is 2.45. The van der Waals surface area contributed by atoms with Crippen molar-refractivity contribution in [2.24, 2.45) is 0 Å². The predicted octanol–water partition coefficient (Wildman–Crippen LogP) is 4.61. The minimum absolute atomic E-state index is 0.0291. The zero-order valence-corrected chi connectivity index (χ0v) is 16.9. The number of carbonyl (C=O) groups excluding carboxylic acids is 1. The molecule has 2 rings (SSSR count). The van der Waals surface area contributed by atoms with Crippen molar-refractivity contribution in [3.63, 3.8) is 0 Å².